The van der Waals surface area contributed by atoms with E-state index >= 15 is 0 Å². The van der Waals surface area contributed by atoms with E-state index in [-0.39, 0.29) is 11.9 Å². The number of anilines is 1. The van der Waals surface area contributed by atoms with Crippen molar-refractivity contribution in [1.82, 2.24) is 10.6 Å². The highest BCUT2D eigenvalue weighted by atomic mass is 79.9. The van der Waals surface area contributed by atoms with Crippen LogP contribution in [0, 0.1) is 6.92 Å². The minimum absolute atomic E-state index is 0.151. The number of benzene rings is 2. The molecule has 3 N–H and O–H groups in total. The summed E-state index contributed by atoms with van der Waals surface area (Å²) >= 11 is 8.72. The maximum absolute atomic E-state index is 13.0. The Morgan fingerprint density at radius 2 is 1.80 bits per heavy atom. The second-order valence-corrected chi connectivity index (χ2v) is 7.21. The smallest absolute Gasteiger partial charge is 0.255 e. The average Bonchev–Trinajstić information content (AvgIpc) is 2.57. The lowest BCUT2D eigenvalue weighted by atomic mass is 9.95. The standard InChI is InChI=1S/C19H18BrN3OS/c1-11-5-3-4-6-15(11)22-18(24)16-12(2)21-19(25)23-17(16)13-7-9-14(20)10-8-13/h3-10,17H,1-2H3,(H,22,24)(H2,21,23,25)/t17-/m0/s1. The van der Waals surface area contributed by atoms with E-state index in [0.717, 1.165) is 27.0 Å². The fraction of sp³-hybridized carbons (Fsp3) is 0.158. The van der Waals surface area contributed by atoms with Crippen molar-refractivity contribution in [2.45, 2.75) is 19.9 Å². The lowest BCUT2D eigenvalue weighted by Gasteiger charge is -2.30. The van der Waals surface area contributed by atoms with Crippen molar-refractivity contribution < 1.29 is 4.79 Å². The van der Waals surface area contributed by atoms with Crippen molar-refractivity contribution >= 4 is 44.9 Å². The Kier molecular flexibility index (Phi) is 5.20. The summed E-state index contributed by atoms with van der Waals surface area (Å²) in [5.74, 6) is -0.151. The molecule has 0 radical (unpaired) electrons. The molecule has 1 heterocycles. The third-order valence-corrected chi connectivity index (χ3v) is 4.86. The molecule has 1 aliphatic heterocycles. The highest BCUT2D eigenvalue weighted by molar-refractivity contribution is 9.10. The van der Waals surface area contributed by atoms with Crippen LogP contribution in [-0.2, 0) is 4.79 Å². The van der Waals surface area contributed by atoms with Gasteiger partial charge in [0, 0.05) is 15.9 Å². The lowest BCUT2D eigenvalue weighted by Crippen LogP contribution is -2.45. The molecule has 4 nitrogen and oxygen atoms in total. The van der Waals surface area contributed by atoms with E-state index in [9.17, 15) is 4.79 Å². The lowest BCUT2D eigenvalue weighted by molar-refractivity contribution is -0.113. The Balaban J connectivity index is 1.96. The molecule has 1 aliphatic rings. The molecule has 1 amide bonds. The number of para-hydroxylation sites is 1. The summed E-state index contributed by atoms with van der Waals surface area (Å²) in [5.41, 5.74) is 4.17. The summed E-state index contributed by atoms with van der Waals surface area (Å²) in [5, 5.41) is 9.77. The summed E-state index contributed by atoms with van der Waals surface area (Å²) in [6.07, 6.45) is 0. The van der Waals surface area contributed by atoms with Gasteiger partial charge in [-0.1, -0.05) is 46.3 Å². The summed E-state index contributed by atoms with van der Waals surface area (Å²) < 4.78 is 0.986. The number of carbonyl (C=O) groups is 1. The first-order valence-corrected chi connectivity index (χ1v) is 9.06. The van der Waals surface area contributed by atoms with E-state index in [4.69, 9.17) is 12.2 Å². The molecule has 0 aromatic heterocycles. The molecule has 0 bridgehead atoms. The molecule has 0 spiro atoms. The quantitative estimate of drug-likeness (QED) is 0.657. The number of nitrogens with one attached hydrogen (secondary N) is 3. The van der Waals surface area contributed by atoms with Gasteiger partial charge >= 0.3 is 0 Å². The maximum Gasteiger partial charge on any atom is 0.255 e. The highest BCUT2D eigenvalue weighted by Crippen LogP contribution is 2.29. The molecule has 0 saturated heterocycles. The number of aryl methyl sites for hydroxylation is 1. The predicted octanol–water partition coefficient (Wildman–Crippen LogP) is 4.19. The largest absolute Gasteiger partial charge is 0.351 e. The van der Waals surface area contributed by atoms with Gasteiger partial charge in [-0.3, -0.25) is 4.79 Å². The molecule has 0 aliphatic carbocycles. The van der Waals surface area contributed by atoms with Crippen molar-refractivity contribution in [3.8, 4) is 0 Å². The Morgan fingerprint density at radius 1 is 1.12 bits per heavy atom. The molecular weight excluding hydrogens is 398 g/mol. The summed E-state index contributed by atoms with van der Waals surface area (Å²) in [6, 6.07) is 15.3. The zero-order valence-corrected chi connectivity index (χ0v) is 16.3. The minimum atomic E-state index is -0.300. The molecule has 128 valence electrons. The molecule has 2 aromatic carbocycles. The number of halogens is 1. The van der Waals surface area contributed by atoms with Gasteiger partial charge in [-0.05, 0) is 55.4 Å². The topological polar surface area (TPSA) is 53.2 Å². The van der Waals surface area contributed by atoms with Crippen LogP contribution in [-0.4, -0.2) is 11.0 Å². The number of hydrogen-bond acceptors (Lipinski definition) is 2. The molecule has 1 atom stereocenters. The van der Waals surface area contributed by atoms with Gasteiger partial charge in [0.15, 0.2) is 5.11 Å². The first kappa shape index (κ1) is 17.6. The number of allylic oxidation sites excluding steroid dienone is 1. The number of amides is 1. The Labute approximate surface area is 160 Å². The van der Waals surface area contributed by atoms with Crippen LogP contribution in [0.3, 0.4) is 0 Å². The number of thiocarbonyl (C=S) groups is 1. The van der Waals surface area contributed by atoms with Gasteiger partial charge in [0.2, 0.25) is 0 Å². The Hall–Kier alpha value is -2.18. The van der Waals surface area contributed by atoms with Gasteiger partial charge in [-0.25, -0.2) is 0 Å². The number of rotatable bonds is 3. The van der Waals surface area contributed by atoms with Gasteiger partial charge in [-0.2, -0.15) is 0 Å². The van der Waals surface area contributed by atoms with Crippen LogP contribution < -0.4 is 16.0 Å². The van der Waals surface area contributed by atoms with Crippen LogP contribution in [0.1, 0.15) is 24.1 Å². The minimum Gasteiger partial charge on any atom is -0.351 e. The van der Waals surface area contributed by atoms with Crippen molar-refractivity contribution in [2.75, 3.05) is 5.32 Å². The Morgan fingerprint density at radius 3 is 2.48 bits per heavy atom. The fourth-order valence-electron chi connectivity index (χ4n) is 2.80. The van der Waals surface area contributed by atoms with Gasteiger partial charge in [0.25, 0.3) is 5.91 Å². The molecule has 6 heteroatoms. The molecule has 0 unspecified atom stereocenters. The number of carbonyl (C=O) groups excluding carboxylic acids is 1. The molecular formula is C19H18BrN3OS. The van der Waals surface area contributed by atoms with Crippen LogP contribution in [0.5, 0.6) is 0 Å². The second-order valence-electron chi connectivity index (χ2n) is 5.89. The monoisotopic (exact) mass is 415 g/mol. The SMILES string of the molecule is CC1=C(C(=O)Nc2ccccc2C)[C@H](c2ccc(Br)cc2)NC(=S)N1. The van der Waals surface area contributed by atoms with Gasteiger partial charge < -0.3 is 16.0 Å². The molecule has 3 rings (SSSR count). The van der Waals surface area contributed by atoms with Gasteiger partial charge in [0.05, 0.1) is 11.6 Å². The van der Waals surface area contributed by atoms with Crippen molar-refractivity contribution in [2.24, 2.45) is 0 Å². The van der Waals surface area contributed by atoms with Crippen LogP contribution in [0.25, 0.3) is 0 Å². The van der Waals surface area contributed by atoms with Crippen LogP contribution in [0.4, 0.5) is 5.69 Å². The van der Waals surface area contributed by atoms with E-state index in [1.807, 2.05) is 62.4 Å². The van der Waals surface area contributed by atoms with Gasteiger partial charge in [0.1, 0.15) is 0 Å². The maximum atomic E-state index is 13.0. The summed E-state index contributed by atoms with van der Waals surface area (Å²) in [7, 11) is 0. The van der Waals surface area contributed by atoms with Crippen LogP contribution >= 0.6 is 28.1 Å². The normalized spacial score (nSPS) is 16.9. The van der Waals surface area contributed by atoms with Crippen molar-refractivity contribution in [3.63, 3.8) is 0 Å². The molecule has 2 aromatic rings. The molecule has 0 saturated carbocycles. The van der Waals surface area contributed by atoms with Crippen molar-refractivity contribution in [3.05, 3.63) is 75.4 Å². The summed E-state index contributed by atoms with van der Waals surface area (Å²) in [6.45, 7) is 3.83. The van der Waals surface area contributed by atoms with E-state index in [1.165, 1.54) is 0 Å². The van der Waals surface area contributed by atoms with E-state index in [0.29, 0.717) is 10.7 Å². The first-order chi connectivity index (χ1) is 12.0. The zero-order chi connectivity index (χ0) is 18.0. The molecule has 0 fully saturated rings. The fourth-order valence-corrected chi connectivity index (χ4v) is 3.34. The highest BCUT2D eigenvalue weighted by Gasteiger charge is 2.30. The van der Waals surface area contributed by atoms with E-state index < -0.39 is 0 Å². The van der Waals surface area contributed by atoms with E-state index in [2.05, 4.69) is 31.9 Å². The zero-order valence-electron chi connectivity index (χ0n) is 13.9. The first-order valence-electron chi connectivity index (χ1n) is 7.86. The van der Waals surface area contributed by atoms with Crippen LogP contribution in [0.2, 0.25) is 0 Å². The van der Waals surface area contributed by atoms with E-state index in [1.54, 1.807) is 0 Å². The average molecular weight is 416 g/mol. The van der Waals surface area contributed by atoms with Crippen molar-refractivity contribution in [1.29, 1.82) is 0 Å². The van der Waals surface area contributed by atoms with Crippen LogP contribution in [0.15, 0.2) is 64.3 Å². The second kappa shape index (κ2) is 7.37. The Bertz CT molecular complexity index is 861. The van der Waals surface area contributed by atoms with Gasteiger partial charge in [-0.15, -0.1) is 0 Å². The summed E-state index contributed by atoms with van der Waals surface area (Å²) in [4.78, 5) is 13.0. The molecule has 25 heavy (non-hydrogen) atoms. The number of hydrogen-bond donors (Lipinski definition) is 3. The predicted molar refractivity (Wildman–Crippen MR) is 108 cm³/mol. The third kappa shape index (κ3) is 3.91. The third-order valence-electron chi connectivity index (χ3n) is 4.11.